The van der Waals surface area contributed by atoms with Gasteiger partial charge in [0, 0.05) is 23.1 Å². The molecule has 162 valence electrons. The molecule has 6 nitrogen and oxygen atoms in total. The molecular formula is C25H22N2O4S. The molecule has 1 amide bonds. The van der Waals surface area contributed by atoms with Crippen molar-refractivity contribution >= 4 is 17.4 Å². The summed E-state index contributed by atoms with van der Waals surface area (Å²) >= 11 is 1.57. The van der Waals surface area contributed by atoms with Crippen LogP contribution < -0.4 is 19.5 Å². The Labute approximate surface area is 190 Å². The Bertz CT molecular complexity index is 1190. The van der Waals surface area contributed by atoms with Crippen molar-refractivity contribution in [3.8, 4) is 39.1 Å². The van der Waals surface area contributed by atoms with Crippen LogP contribution in [-0.2, 0) is 6.54 Å². The summed E-state index contributed by atoms with van der Waals surface area (Å²) in [4.78, 5) is 16.7. The maximum Gasteiger partial charge on any atom is 0.412 e. The highest BCUT2D eigenvalue weighted by atomic mass is 32.1. The van der Waals surface area contributed by atoms with Crippen LogP contribution in [0.15, 0.2) is 78.2 Å². The second kappa shape index (κ2) is 9.98. The predicted molar refractivity (Wildman–Crippen MR) is 125 cm³/mol. The number of carbonyl (C=O) groups excluding carboxylic acids is 1. The zero-order valence-electron chi connectivity index (χ0n) is 17.7. The van der Waals surface area contributed by atoms with E-state index in [9.17, 15) is 4.79 Å². The third kappa shape index (κ3) is 5.07. The molecule has 4 rings (SSSR count). The van der Waals surface area contributed by atoms with E-state index < -0.39 is 6.09 Å². The van der Waals surface area contributed by atoms with Crippen LogP contribution >= 0.6 is 11.3 Å². The van der Waals surface area contributed by atoms with E-state index in [1.807, 2.05) is 66.0 Å². The van der Waals surface area contributed by atoms with Gasteiger partial charge < -0.3 is 19.5 Å². The van der Waals surface area contributed by atoms with Gasteiger partial charge in [0.2, 0.25) is 0 Å². The van der Waals surface area contributed by atoms with Gasteiger partial charge in [0.15, 0.2) is 11.5 Å². The van der Waals surface area contributed by atoms with Crippen LogP contribution in [0.25, 0.3) is 21.8 Å². The minimum atomic E-state index is -0.486. The van der Waals surface area contributed by atoms with Gasteiger partial charge in [0.1, 0.15) is 10.8 Å². The minimum absolute atomic E-state index is 0.376. The van der Waals surface area contributed by atoms with Crippen LogP contribution in [0.3, 0.4) is 0 Å². The number of thiazole rings is 1. The molecular weight excluding hydrogens is 424 g/mol. The molecule has 0 spiro atoms. The molecule has 0 aliphatic carbocycles. The highest BCUT2D eigenvalue weighted by Gasteiger charge is 2.11. The number of rotatable bonds is 7. The summed E-state index contributed by atoms with van der Waals surface area (Å²) in [6, 6.07) is 22.6. The van der Waals surface area contributed by atoms with Gasteiger partial charge in [0.25, 0.3) is 0 Å². The van der Waals surface area contributed by atoms with Crippen LogP contribution in [-0.4, -0.2) is 25.3 Å². The maximum absolute atomic E-state index is 11.9. The molecule has 0 aliphatic heterocycles. The van der Waals surface area contributed by atoms with Gasteiger partial charge in [-0.15, -0.1) is 11.3 Å². The first-order valence-electron chi connectivity index (χ1n) is 9.94. The van der Waals surface area contributed by atoms with Gasteiger partial charge in [-0.05, 0) is 35.9 Å². The Morgan fingerprint density at radius 3 is 2.34 bits per heavy atom. The molecule has 0 saturated heterocycles. The molecule has 0 saturated carbocycles. The van der Waals surface area contributed by atoms with Crippen LogP contribution in [0.1, 0.15) is 5.56 Å². The van der Waals surface area contributed by atoms with Crippen molar-refractivity contribution in [3.63, 3.8) is 0 Å². The van der Waals surface area contributed by atoms with Crippen molar-refractivity contribution in [3.05, 3.63) is 83.7 Å². The molecule has 0 unspecified atom stereocenters. The topological polar surface area (TPSA) is 69.7 Å². The van der Waals surface area contributed by atoms with Crippen LogP contribution in [0.4, 0.5) is 4.79 Å². The quantitative estimate of drug-likeness (QED) is 0.390. The molecule has 0 aliphatic rings. The number of hydrogen-bond acceptors (Lipinski definition) is 6. The Kier molecular flexibility index (Phi) is 6.67. The number of nitrogens with zero attached hydrogens (tertiary/aromatic N) is 1. The van der Waals surface area contributed by atoms with E-state index in [-0.39, 0.29) is 0 Å². The number of ether oxygens (including phenoxy) is 3. The largest absolute Gasteiger partial charge is 0.493 e. The van der Waals surface area contributed by atoms with Crippen molar-refractivity contribution in [2.45, 2.75) is 6.54 Å². The SMILES string of the molecule is COc1ccc(-c2csc(-c3ccc(CNC(=O)Oc4ccccc4)cc3)n2)cc1OC. The number of hydrogen-bond donors (Lipinski definition) is 1. The Morgan fingerprint density at radius 1 is 0.906 bits per heavy atom. The highest BCUT2D eigenvalue weighted by molar-refractivity contribution is 7.13. The minimum Gasteiger partial charge on any atom is -0.493 e. The molecule has 1 aromatic heterocycles. The first kappa shape index (κ1) is 21.4. The predicted octanol–water partition coefficient (Wildman–Crippen LogP) is 5.78. The van der Waals surface area contributed by atoms with Crippen molar-refractivity contribution in [1.82, 2.24) is 10.3 Å². The van der Waals surface area contributed by atoms with Crippen molar-refractivity contribution in [2.24, 2.45) is 0 Å². The van der Waals surface area contributed by atoms with E-state index in [1.54, 1.807) is 37.7 Å². The number of nitrogens with one attached hydrogen (secondary N) is 1. The third-order valence-corrected chi connectivity index (χ3v) is 5.67. The van der Waals surface area contributed by atoms with Gasteiger partial charge >= 0.3 is 6.09 Å². The Morgan fingerprint density at radius 2 is 1.62 bits per heavy atom. The van der Waals surface area contributed by atoms with E-state index in [2.05, 4.69) is 5.32 Å². The van der Waals surface area contributed by atoms with Crippen molar-refractivity contribution < 1.29 is 19.0 Å². The van der Waals surface area contributed by atoms with Crippen molar-refractivity contribution in [2.75, 3.05) is 14.2 Å². The molecule has 0 atom stereocenters. The number of carbonyl (C=O) groups is 1. The highest BCUT2D eigenvalue weighted by Crippen LogP contribution is 2.34. The van der Waals surface area contributed by atoms with Gasteiger partial charge in [-0.3, -0.25) is 0 Å². The van der Waals surface area contributed by atoms with Crippen molar-refractivity contribution in [1.29, 1.82) is 0 Å². The van der Waals surface area contributed by atoms with Crippen LogP contribution in [0.5, 0.6) is 17.2 Å². The summed E-state index contributed by atoms with van der Waals surface area (Å²) < 4.78 is 15.9. The van der Waals surface area contributed by atoms with Crippen LogP contribution in [0.2, 0.25) is 0 Å². The van der Waals surface area contributed by atoms with E-state index in [4.69, 9.17) is 19.2 Å². The lowest BCUT2D eigenvalue weighted by molar-refractivity contribution is 0.200. The fourth-order valence-corrected chi connectivity index (χ4v) is 3.94. The molecule has 4 aromatic rings. The summed E-state index contributed by atoms with van der Waals surface area (Å²) in [5, 5.41) is 5.69. The van der Waals surface area contributed by atoms with Gasteiger partial charge in [-0.1, -0.05) is 42.5 Å². The molecule has 7 heteroatoms. The molecule has 1 heterocycles. The van der Waals surface area contributed by atoms with E-state index in [0.29, 0.717) is 23.8 Å². The Hall–Kier alpha value is -3.84. The van der Waals surface area contributed by atoms with Crippen LogP contribution in [0, 0.1) is 0 Å². The standard InChI is InChI=1S/C25H22N2O4S/c1-29-22-13-12-19(14-23(22)30-2)21-16-32-24(27-21)18-10-8-17(9-11-18)15-26-25(28)31-20-6-4-3-5-7-20/h3-14,16H,15H2,1-2H3,(H,26,28). The first-order chi connectivity index (χ1) is 15.7. The lowest BCUT2D eigenvalue weighted by Crippen LogP contribution is -2.26. The second-order valence-corrected chi connectivity index (χ2v) is 7.72. The van der Waals surface area contributed by atoms with E-state index in [1.165, 1.54) is 0 Å². The number of benzene rings is 3. The summed E-state index contributed by atoms with van der Waals surface area (Å²) in [5.41, 5.74) is 3.82. The van der Waals surface area contributed by atoms with Gasteiger partial charge in [-0.25, -0.2) is 9.78 Å². The van der Waals surface area contributed by atoms with E-state index >= 15 is 0 Å². The molecule has 1 N–H and O–H groups in total. The summed E-state index contributed by atoms with van der Waals surface area (Å²) in [6.45, 7) is 0.376. The smallest absolute Gasteiger partial charge is 0.412 e. The maximum atomic E-state index is 11.9. The zero-order valence-corrected chi connectivity index (χ0v) is 18.5. The third-order valence-electron chi connectivity index (χ3n) is 4.77. The fourth-order valence-electron chi connectivity index (χ4n) is 3.11. The number of para-hydroxylation sites is 1. The normalized spacial score (nSPS) is 10.4. The Balaban J connectivity index is 1.39. The fraction of sp³-hybridized carbons (Fsp3) is 0.120. The average molecular weight is 447 g/mol. The van der Waals surface area contributed by atoms with Gasteiger partial charge in [-0.2, -0.15) is 0 Å². The molecule has 0 bridgehead atoms. The zero-order chi connectivity index (χ0) is 22.3. The first-order valence-corrected chi connectivity index (χ1v) is 10.8. The number of aromatic nitrogens is 1. The summed E-state index contributed by atoms with van der Waals surface area (Å²) in [5.74, 6) is 1.86. The summed E-state index contributed by atoms with van der Waals surface area (Å²) in [7, 11) is 3.23. The summed E-state index contributed by atoms with van der Waals surface area (Å²) in [6.07, 6.45) is -0.486. The molecule has 0 radical (unpaired) electrons. The lowest BCUT2D eigenvalue weighted by Gasteiger charge is -2.08. The number of amides is 1. The average Bonchev–Trinajstić information content (AvgIpc) is 3.33. The van der Waals surface area contributed by atoms with E-state index in [0.717, 1.165) is 27.4 Å². The molecule has 32 heavy (non-hydrogen) atoms. The monoisotopic (exact) mass is 446 g/mol. The second-order valence-electron chi connectivity index (χ2n) is 6.86. The number of methoxy groups -OCH3 is 2. The molecule has 0 fully saturated rings. The molecule has 3 aromatic carbocycles. The van der Waals surface area contributed by atoms with Gasteiger partial charge in [0.05, 0.1) is 19.9 Å². The lowest BCUT2D eigenvalue weighted by atomic mass is 10.1.